The van der Waals surface area contributed by atoms with Crippen molar-refractivity contribution in [1.82, 2.24) is 5.32 Å². The van der Waals surface area contributed by atoms with Gasteiger partial charge in [0.05, 0.1) is 12.7 Å². The van der Waals surface area contributed by atoms with Gasteiger partial charge in [-0.25, -0.2) is 4.79 Å². The minimum atomic E-state index is -0.348. The number of nitrogens with one attached hydrogen (secondary N) is 2. The van der Waals surface area contributed by atoms with Gasteiger partial charge in [0.2, 0.25) is 0 Å². The second-order valence-electron chi connectivity index (χ2n) is 5.92. The number of hydrogen-bond acceptors (Lipinski definition) is 4. The highest BCUT2D eigenvalue weighted by atomic mass is 32.1. The summed E-state index contributed by atoms with van der Waals surface area (Å²) in [5.41, 5.74) is 0.529. The monoisotopic (exact) mass is 342 g/mol. The Morgan fingerprint density at radius 3 is 2.64 bits per heavy atom. The fourth-order valence-corrected chi connectivity index (χ4v) is 3.41. The third kappa shape index (κ3) is 6.32. The fraction of sp³-hybridized carbons (Fsp3) is 0.625. The van der Waals surface area contributed by atoms with Crippen LogP contribution in [0.5, 0.6) is 0 Å². The summed E-state index contributed by atoms with van der Waals surface area (Å²) in [5, 5.41) is 7.66. The van der Waals surface area contributed by atoms with Crippen LogP contribution in [0.1, 0.15) is 55.3 Å². The Balaban J connectivity index is 2.53. The van der Waals surface area contributed by atoms with Crippen LogP contribution in [0.2, 0.25) is 0 Å². The van der Waals surface area contributed by atoms with Crippen LogP contribution in [-0.2, 0) is 4.74 Å². The average Bonchev–Trinajstić information content (AvgIpc) is 2.77. The third-order valence-corrected chi connectivity index (χ3v) is 4.47. The van der Waals surface area contributed by atoms with E-state index in [9.17, 15) is 4.79 Å². The molecule has 0 aliphatic rings. The highest BCUT2D eigenvalue weighted by molar-refractivity contribution is 7.80. The topological polar surface area (TPSA) is 50.4 Å². The first kappa shape index (κ1) is 18.9. The van der Waals surface area contributed by atoms with Gasteiger partial charge in [-0.2, -0.15) is 0 Å². The van der Waals surface area contributed by atoms with Gasteiger partial charge in [0.1, 0.15) is 5.00 Å². The molecular formula is C16H26N2O2S2. The first-order valence-electron chi connectivity index (χ1n) is 7.59. The Morgan fingerprint density at radius 2 is 2.05 bits per heavy atom. The lowest BCUT2D eigenvalue weighted by atomic mass is 10.0. The lowest BCUT2D eigenvalue weighted by molar-refractivity contribution is 0.0602. The van der Waals surface area contributed by atoms with E-state index in [1.807, 2.05) is 13.0 Å². The molecule has 1 unspecified atom stereocenters. The molecule has 0 saturated carbocycles. The molecule has 0 aliphatic heterocycles. The van der Waals surface area contributed by atoms with E-state index in [0.717, 1.165) is 22.2 Å². The van der Waals surface area contributed by atoms with E-state index in [2.05, 4.69) is 31.4 Å². The van der Waals surface area contributed by atoms with Gasteiger partial charge in [0.15, 0.2) is 5.11 Å². The maximum Gasteiger partial charge on any atom is 0.340 e. The van der Waals surface area contributed by atoms with Gasteiger partial charge in [-0.1, -0.05) is 26.7 Å². The van der Waals surface area contributed by atoms with Crippen molar-refractivity contribution in [2.45, 2.75) is 53.0 Å². The molecule has 6 heteroatoms. The SMILES string of the molecule is COC(=O)c1cc(C)sc1NC(=S)NC(C)CCCC(C)C. The summed E-state index contributed by atoms with van der Waals surface area (Å²) in [6, 6.07) is 2.12. The minimum Gasteiger partial charge on any atom is -0.465 e. The van der Waals surface area contributed by atoms with E-state index in [4.69, 9.17) is 17.0 Å². The first-order valence-corrected chi connectivity index (χ1v) is 8.82. The summed E-state index contributed by atoms with van der Waals surface area (Å²) in [6.07, 6.45) is 3.48. The quantitative estimate of drug-likeness (QED) is 0.570. The van der Waals surface area contributed by atoms with E-state index in [0.29, 0.717) is 16.7 Å². The molecule has 22 heavy (non-hydrogen) atoms. The molecule has 0 amide bonds. The fourth-order valence-electron chi connectivity index (χ4n) is 2.14. The number of thiocarbonyl (C=S) groups is 1. The number of rotatable bonds is 7. The number of methoxy groups -OCH3 is 1. The second-order valence-corrected chi connectivity index (χ2v) is 7.58. The van der Waals surface area contributed by atoms with Gasteiger partial charge in [-0.15, -0.1) is 11.3 Å². The zero-order valence-corrected chi connectivity index (χ0v) is 15.6. The van der Waals surface area contributed by atoms with E-state index < -0.39 is 0 Å². The Hall–Kier alpha value is -1.14. The molecule has 1 aromatic heterocycles. The molecular weight excluding hydrogens is 316 g/mol. The molecule has 1 aromatic rings. The van der Waals surface area contributed by atoms with Crippen LogP contribution in [-0.4, -0.2) is 24.2 Å². The number of anilines is 1. The van der Waals surface area contributed by atoms with Crippen molar-refractivity contribution in [3.63, 3.8) is 0 Å². The Labute approximate surface area is 142 Å². The van der Waals surface area contributed by atoms with Crippen LogP contribution in [0.3, 0.4) is 0 Å². The van der Waals surface area contributed by atoms with E-state index in [1.165, 1.54) is 31.3 Å². The van der Waals surface area contributed by atoms with Crippen LogP contribution in [0, 0.1) is 12.8 Å². The zero-order chi connectivity index (χ0) is 16.7. The maximum absolute atomic E-state index is 11.7. The third-order valence-electron chi connectivity index (χ3n) is 3.28. The Kier molecular flexibility index (Phi) is 7.82. The van der Waals surface area contributed by atoms with Crippen molar-refractivity contribution in [3.05, 3.63) is 16.5 Å². The zero-order valence-electron chi connectivity index (χ0n) is 14.0. The Bertz CT molecular complexity index is 512. The molecule has 0 bridgehead atoms. The van der Waals surface area contributed by atoms with Gasteiger partial charge >= 0.3 is 5.97 Å². The van der Waals surface area contributed by atoms with Gasteiger partial charge in [0.25, 0.3) is 0 Å². The van der Waals surface area contributed by atoms with E-state index >= 15 is 0 Å². The maximum atomic E-state index is 11.7. The molecule has 0 radical (unpaired) electrons. The lowest BCUT2D eigenvalue weighted by Gasteiger charge is -2.17. The largest absolute Gasteiger partial charge is 0.465 e. The Morgan fingerprint density at radius 1 is 1.36 bits per heavy atom. The molecule has 0 saturated heterocycles. The van der Waals surface area contributed by atoms with Gasteiger partial charge in [-0.05, 0) is 44.5 Å². The van der Waals surface area contributed by atoms with Crippen molar-refractivity contribution >= 4 is 39.6 Å². The van der Waals surface area contributed by atoms with E-state index in [-0.39, 0.29) is 5.97 Å². The number of hydrogen-bond donors (Lipinski definition) is 2. The number of carbonyl (C=O) groups excluding carboxylic acids is 1. The predicted molar refractivity (Wildman–Crippen MR) is 97.9 cm³/mol. The number of thiophene rings is 1. The second kappa shape index (κ2) is 9.10. The van der Waals surface area contributed by atoms with Gasteiger partial charge < -0.3 is 15.4 Å². The van der Waals surface area contributed by atoms with Crippen LogP contribution in [0.15, 0.2) is 6.07 Å². The first-order chi connectivity index (χ1) is 10.3. The number of ether oxygens (including phenoxy) is 1. The van der Waals surface area contributed by atoms with Crippen LogP contribution >= 0.6 is 23.6 Å². The number of esters is 1. The lowest BCUT2D eigenvalue weighted by Crippen LogP contribution is -2.36. The number of carbonyl (C=O) groups is 1. The average molecular weight is 343 g/mol. The molecule has 2 N–H and O–H groups in total. The van der Waals surface area contributed by atoms with Crippen molar-refractivity contribution in [1.29, 1.82) is 0 Å². The van der Waals surface area contributed by atoms with Gasteiger partial charge in [-0.3, -0.25) is 0 Å². The summed E-state index contributed by atoms with van der Waals surface area (Å²) < 4.78 is 4.79. The van der Waals surface area contributed by atoms with Crippen molar-refractivity contribution in [3.8, 4) is 0 Å². The summed E-state index contributed by atoms with van der Waals surface area (Å²) in [6.45, 7) is 8.54. The molecule has 0 aliphatic carbocycles. The molecule has 0 spiro atoms. The molecule has 1 heterocycles. The molecule has 0 fully saturated rings. The van der Waals surface area contributed by atoms with Crippen molar-refractivity contribution in [2.75, 3.05) is 12.4 Å². The van der Waals surface area contributed by atoms with E-state index in [1.54, 1.807) is 0 Å². The molecule has 0 aromatic carbocycles. The summed E-state index contributed by atoms with van der Waals surface area (Å²) in [4.78, 5) is 12.8. The molecule has 1 atom stereocenters. The predicted octanol–water partition coefficient (Wildman–Crippen LogP) is 4.34. The van der Waals surface area contributed by atoms with Crippen LogP contribution in [0.4, 0.5) is 5.00 Å². The minimum absolute atomic E-state index is 0.307. The molecule has 1 rings (SSSR count). The highest BCUT2D eigenvalue weighted by Crippen LogP contribution is 2.28. The van der Waals surface area contributed by atoms with Crippen LogP contribution < -0.4 is 10.6 Å². The summed E-state index contributed by atoms with van der Waals surface area (Å²) in [5.74, 6) is 0.383. The van der Waals surface area contributed by atoms with Crippen molar-refractivity contribution < 1.29 is 9.53 Å². The smallest absolute Gasteiger partial charge is 0.340 e. The number of aryl methyl sites for hydroxylation is 1. The standard InChI is InChI=1S/C16H26N2O2S2/c1-10(2)7-6-8-11(3)17-16(21)18-14-13(15(19)20-5)9-12(4)22-14/h9-11H,6-8H2,1-5H3,(H2,17,18,21). The molecule has 124 valence electrons. The summed E-state index contributed by atoms with van der Waals surface area (Å²) in [7, 11) is 1.38. The summed E-state index contributed by atoms with van der Waals surface area (Å²) >= 11 is 6.83. The normalized spacial score (nSPS) is 12.1. The molecule has 4 nitrogen and oxygen atoms in total. The van der Waals surface area contributed by atoms with Crippen LogP contribution in [0.25, 0.3) is 0 Å². The van der Waals surface area contributed by atoms with Crippen molar-refractivity contribution in [2.24, 2.45) is 5.92 Å². The van der Waals surface area contributed by atoms with Gasteiger partial charge in [0, 0.05) is 10.9 Å². The highest BCUT2D eigenvalue weighted by Gasteiger charge is 2.16.